The fourth-order valence-electron chi connectivity index (χ4n) is 3.41. The van der Waals surface area contributed by atoms with Gasteiger partial charge in [-0.1, -0.05) is 0 Å². The van der Waals surface area contributed by atoms with E-state index >= 15 is 0 Å². The second-order valence-corrected chi connectivity index (χ2v) is 9.45. The molecule has 1 saturated heterocycles. The van der Waals surface area contributed by atoms with E-state index in [1.165, 1.54) is 35.6 Å². The van der Waals surface area contributed by atoms with Crippen LogP contribution in [-0.4, -0.2) is 45.4 Å². The molecule has 1 aliphatic rings. The van der Waals surface area contributed by atoms with Crippen molar-refractivity contribution >= 4 is 40.7 Å². The van der Waals surface area contributed by atoms with Crippen LogP contribution < -0.4 is 10.2 Å². The van der Waals surface area contributed by atoms with Gasteiger partial charge in [-0.15, -0.1) is 11.3 Å². The Bertz CT molecular complexity index is 1190. The molecule has 0 aliphatic carbocycles. The molecule has 0 spiro atoms. The van der Waals surface area contributed by atoms with Crippen molar-refractivity contribution in [1.82, 2.24) is 19.3 Å². The van der Waals surface area contributed by atoms with Crippen molar-refractivity contribution in [3.05, 3.63) is 77.9 Å². The summed E-state index contributed by atoms with van der Waals surface area (Å²) in [5.74, 6) is 0.757. The molecule has 1 aliphatic heterocycles. The monoisotopic (exact) mass is 482 g/mol. The largest absolute Gasteiger partial charge is 0.340 e. The number of halogens is 2. The van der Waals surface area contributed by atoms with E-state index < -0.39 is 0 Å². The minimum Gasteiger partial charge on any atom is -0.340 e. The fraction of sp³-hybridized carbons (Fsp3) is 0.174. The molecule has 10 heteroatoms. The van der Waals surface area contributed by atoms with Crippen LogP contribution in [0.4, 0.5) is 26.2 Å². The highest BCUT2D eigenvalue weighted by Gasteiger charge is 2.21. The summed E-state index contributed by atoms with van der Waals surface area (Å²) >= 11 is 3.14. The number of benzene rings is 2. The molecular weight excluding hydrogens is 462 g/mol. The summed E-state index contributed by atoms with van der Waals surface area (Å²) in [6.07, 6.45) is 1.79. The molecule has 3 heterocycles. The first-order chi connectivity index (χ1) is 16.1. The quantitative estimate of drug-likeness (QED) is 0.367. The van der Waals surface area contributed by atoms with Crippen molar-refractivity contribution in [2.75, 3.05) is 36.4 Å². The highest BCUT2D eigenvalue weighted by atomic mass is 32.2. The van der Waals surface area contributed by atoms with Crippen LogP contribution in [-0.2, 0) is 0 Å². The lowest BCUT2D eigenvalue weighted by Crippen LogP contribution is -2.44. The van der Waals surface area contributed by atoms with Crippen molar-refractivity contribution in [3.63, 3.8) is 0 Å². The number of thiazole rings is 1. The maximum absolute atomic E-state index is 13.3. The summed E-state index contributed by atoms with van der Waals surface area (Å²) in [5, 5.41) is 3.25. The third kappa shape index (κ3) is 5.47. The lowest BCUT2D eigenvalue weighted by Gasteiger charge is -2.34. The molecule has 0 saturated carbocycles. The van der Waals surface area contributed by atoms with Gasteiger partial charge < -0.3 is 10.2 Å². The Hall–Kier alpha value is -3.08. The van der Waals surface area contributed by atoms with Crippen LogP contribution in [0.5, 0.6) is 0 Å². The van der Waals surface area contributed by atoms with E-state index in [-0.39, 0.29) is 11.6 Å². The van der Waals surface area contributed by atoms with E-state index in [2.05, 4.69) is 19.5 Å². The highest BCUT2D eigenvalue weighted by molar-refractivity contribution is 7.97. The number of hydrogen-bond acceptors (Lipinski definition) is 8. The van der Waals surface area contributed by atoms with Gasteiger partial charge in [0.1, 0.15) is 17.5 Å². The average molecular weight is 483 g/mol. The molecule has 2 aromatic carbocycles. The normalized spacial score (nSPS) is 14.4. The smallest absolute Gasteiger partial charge is 0.228 e. The van der Waals surface area contributed by atoms with Crippen LogP contribution in [0.2, 0.25) is 0 Å². The second kappa shape index (κ2) is 9.82. The molecule has 4 aromatic rings. The highest BCUT2D eigenvalue weighted by Crippen LogP contribution is 2.29. The standard InChI is InChI=1S/C23H20F2N6S2/c24-16-1-5-18(6-2-16)27-22-13-20(21-14-26-15-32-21)28-23(29-22)30-9-11-31(12-10-30)33-19-7-3-17(25)4-8-19/h1-8,13-15H,9-12H2,(H,27,28,29). The second-order valence-electron chi connectivity index (χ2n) is 7.40. The molecule has 0 radical (unpaired) electrons. The van der Waals surface area contributed by atoms with Gasteiger partial charge in [0.2, 0.25) is 5.95 Å². The molecule has 168 valence electrons. The van der Waals surface area contributed by atoms with E-state index in [9.17, 15) is 8.78 Å². The van der Waals surface area contributed by atoms with E-state index in [0.717, 1.165) is 47.3 Å². The van der Waals surface area contributed by atoms with Gasteiger partial charge in [0.15, 0.2) is 0 Å². The number of nitrogens with one attached hydrogen (secondary N) is 1. The van der Waals surface area contributed by atoms with Crippen LogP contribution in [0.1, 0.15) is 0 Å². The number of rotatable bonds is 6. The molecule has 2 aromatic heterocycles. The Morgan fingerprint density at radius 1 is 0.879 bits per heavy atom. The molecule has 1 N–H and O–H groups in total. The summed E-state index contributed by atoms with van der Waals surface area (Å²) in [6, 6.07) is 14.6. The number of aromatic nitrogens is 3. The van der Waals surface area contributed by atoms with Crippen molar-refractivity contribution in [3.8, 4) is 10.6 Å². The average Bonchev–Trinajstić information content (AvgIpc) is 3.38. The molecule has 0 amide bonds. The minimum absolute atomic E-state index is 0.229. The van der Waals surface area contributed by atoms with Crippen molar-refractivity contribution in [1.29, 1.82) is 0 Å². The number of nitrogens with zero attached hydrogens (tertiary/aromatic N) is 5. The maximum Gasteiger partial charge on any atom is 0.228 e. The molecule has 0 bridgehead atoms. The van der Waals surface area contributed by atoms with Crippen LogP contribution in [0.3, 0.4) is 0 Å². The van der Waals surface area contributed by atoms with Gasteiger partial charge in [-0.3, -0.25) is 4.98 Å². The zero-order chi connectivity index (χ0) is 22.6. The van der Waals surface area contributed by atoms with Gasteiger partial charge in [0.25, 0.3) is 0 Å². The Labute approximate surface area is 198 Å². The van der Waals surface area contributed by atoms with Crippen molar-refractivity contribution in [2.24, 2.45) is 0 Å². The van der Waals surface area contributed by atoms with Gasteiger partial charge in [0, 0.05) is 49.0 Å². The van der Waals surface area contributed by atoms with Crippen LogP contribution >= 0.6 is 23.3 Å². The summed E-state index contributed by atoms with van der Waals surface area (Å²) < 4.78 is 28.7. The molecule has 33 heavy (non-hydrogen) atoms. The molecule has 0 atom stereocenters. The lowest BCUT2D eigenvalue weighted by molar-refractivity contribution is 0.426. The SMILES string of the molecule is Fc1ccc(Nc2cc(-c3cncs3)nc(N3CCN(Sc4ccc(F)cc4)CC3)n2)cc1. The number of piperazine rings is 1. The first-order valence-corrected chi connectivity index (χ1v) is 12.0. The van der Waals surface area contributed by atoms with E-state index in [1.807, 2.05) is 6.07 Å². The summed E-state index contributed by atoms with van der Waals surface area (Å²) in [5.41, 5.74) is 3.31. The van der Waals surface area contributed by atoms with Crippen LogP contribution in [0.15, 0.2) is 71.2 Å². The molecule has 0 unspecified atom stereocenters. The van der Waals surface area contributed by atoms with Crippen molar-refractivity contribution < 1.29 is 8.78 Å². The topological polar surface area (TPSA) is 57.2 Å². The van der Waals surface area contributed by atoms with E-state index in [4.69, 9.17) is 9.97 Å². The Morgan fingerprint density at radius 3 is 2.24 bits per heavy atom. The van der Waals surface area contributed by atoms with Gasteiger partial charge in [-0.05, 0) is 60.5 Å². The first kappa shape index (κ1) is 21.7. The zero-order valence-corrected chi connectivity index (χ0v) is 19.1. The first-order valence-electron chi connectivity index (χ1n) is 10.4. The molecule has 5 rings (SSSR count). The molecule has 6 nitrogen and oxygen atoms in total. The summed E-state index contributed by atoms with van der Waals surface area (Å²) in [7, 11) is 0. The fourth-order valence-corrected chi connectivity index (χ4v) is 4.90. The lowest BCUT2D eigenvalue weighted by atomic mass is 10.3. The van der Waals surface area contributed by atoms with E-state index in [1.54, 1.807) is 47.9 Å². The third-order valence-corrected chi connectivity index (χ3v) is 6.99. The Morgan fingerprint density at radius 2 is 1.58 bits per heavy atom. The predicted octanol–water partition coefficient (Wildman–Crippen LogP) is 5.45. The zero-order valence-electron chi connectivity index (χ0n) is 17.5. The van der Waals surface area contributed by atoms with Crippen LogP contribution in [0, 0.1) is 11.6 Å². The van der Waals surface area contributed by atoms with Gasteiger partial charge >= 0.3 is 0 Å². The summed E-state index contributed by atoms with van der Waals surface area (Å²) in [6.45, 7) is 3.15. The van der Waals surface area contributed by atoms with Crippen LogP contribution in [0.25, 0.3) is 10.6 Å². The Balaban J connectivity index is 1.33. The Kier molecular flexibility index (Phi) is 6.47. The van der Waals surface area contributed by atoms with Gasteiger partial charge in [-0.2, -0.15) is 4.98 Å². The van der Waals surface area contributed by atoms with Gasteiger partial charge in [0.05, 0.1) is 16.1 Å². The molecule has 1 fully saturated rings. The maximum atomic E-state index is 13.3. The number of hydrogen-bond donors (Lipinski definition) is 1. The van der Waals surface area contributed by atoms with E-state index in [0.29, 0.717) is 11.8 Å². The number of anilines is 3. The van der Waals surface area contributed by atoms with Crippen molar-refractivity contribution in [2.45, 2.75) is 4.90 Å². The molecular formula is C23H20F2N6S2. The third-order valence-electron chi connectivity index (χ3n) is 5.09. The minimum atomic E-state index is -0.286. The predicted molar refractivity (Wildman–Crippen MR) is 129 cm³/mol. The van der Waals surface area contributed by atoms with Gasteiger partial charge in [-0.25, -0.2) is 18.1 Å². The summed E-state index contributed by atoms with van der Waals surface area (Å²) in [4.78, 5) is 17.8.